The normalized spacial score (nSPS) is 13.0. The smallest absolute Gasteiger partial charge is 0.305 e. The van der Waals surface area contributed by atoms with Crippen LogP contribution in [0.2, 0.25) is 0 Å². The van der Waals surface area contributed by atoms with Crippen molar-refractivity contribution in [3.05, 3.63) is 0 Å². The van der Waals surface area contributed by atoms with Gasteiger partial charge in [-0.3, -0.25) is 4.79 Å². The van der Waals surface area contributed by atoms with Crippen molar-refractivity contribution in [2.75, 3.05) is 7.11 Å². The summed E-state index contributed by atoms with van der Waals surface area (Å²) in [5, 5.41) is 9.45. The Kier molecular flexibility index (Phi) is 6.59. The average Bonchev–Trinajstić information content (AvgIpc) is 2.02. The van der Waals surface area contributed by atoms with Crippen LogP contribution >= 0.6 is 0 Å². The van der Waals surface area contributed by atoms with Crippen molar-refractivity contribution in [2.45, 2.75) is 45.6 Å². The van der Waals surface area contributed by atoms with Crippen molar-refractivity contribution in [3.8, 4) is 0 Å². The Labute approximate surface area is 80.1 Å². The van der Waals surface area contributed by atoms with Gasteiger partial charge >= 0.3 is 5.97 Å². The fourth-order valence-electron chi connectivity index (χ4n) is 1.25. The zero-order valence-corrected chi connectivity index (χ0v) is 8.75. The molecule has 0 saturated heterocycles. The summed E-state index contributed by atoms with van der Waals surface area (Å²) >= 11 is 0. The summed E-state index contributed by atoms with van der Waals surface area (Å²) in [7, 11) is 1.38. The van der Waals surface area contributed by atoms with Gasteiger partial charge in [-0.1, -0.05) is 13.8 Å². The zero-order chi connectivity index (χ0) is 10.3. The Hall–Kier alpha value is -0.570. The van der Waals surface area contributed by atoms with Crippen molar-refractivity contribution in [3.63, 3.8) is 0 Å². The molecule has 1 atom stereocenters. The summed E-state index contributed by atoms with van der Waals surface area (Å²) in [6.45, 7) is 4.15. The van der Waals surface area contributed by atoms with Gasteiger partial charge in [0.05, 0.1) is 13.2 Å². The molecule has 3 heteroatoms. The van der Waals surface area contributed by atoms with E-state index >= 15 is 0 Å². The molecule has 0 fully saturated rings. The first-order chi connectivity index (χ1) is 6.06. The Morgan fingerprint density at radius 1 is 1.46 bits per heavy atom. The maximum Gasteiger partial charge on any atom is 0.305 e. The fourth-order valence-corrected chi connectivity index (χ4v) is 1.25. The number of rotatable bonds is 6. The van der Waals surface area contributed by atoms with Gasteiger partial charge in [-0.25, -0.2) is 0 Å². The number of carbonyl (C=O) groups is 1. The molecule has 1 N–H and O–H groups in total. The minimum atomic E-state index is -0.273. The number of hydrogen-bond acceptors (Lipinski definition) is 3. The molecule has 0 rings (SSSR count). The van der Waals surface area contributed by atoms with E-state index in [0.29, 0.717) is 25.2 Å². The minimum Gasteiger partial charge on any atom is -0.469 e. The van der Waals surface area contributed by atoms with E-state index in [9.17, 15) is 9.90 Å². The van der Waals surface area contributed by atoms with E-state index < -0.39 is 0 Å². The lowest BCUT2D eigenvalue weighted by atomic mass is 10.0. The molecule has 13 heavy (non-hydrogen) atoms. The first kappa shape index (κ1) is 12.4. The lowest BCUT2D eigenvalue weighted by molar-refractivity contribution is -0.140. The number of aliphatic hydroxyl groups is 1. The second kappa shape index (κ2) is 6.89. The van der Waals surface area contributed by atoms with E-state index in [1.54, 1.807) is 0 Å². The highest BCUT2D eigenvalue weighted by Crippen LogP contribution is 2.10. The molecular formula is C10H20O3. The van der Waals surface area contributed by atoms with E-state index in [2.05, 4.69) is 18.6 Å². The maximum absolute atomic E-state index is 10.7. The molecule has 0 aliphatic carbocycles. The van der Waals surface area contributed by atoms with E-state index in [-0.39, 0.29) is 12.1 Å². The first-order valence-electron chi connectivity index (χ1n) is 4.81. The number of carbonyl (C=O) groups excluding carboxylic acids is 1. The molecule has 0 saturated carbocycles. The summed E-state index contributed by atoms with van der Waals surface area (Å²) in [6.07, 6.45) is 2.34. The molecule has 0 aromatic carbocycles. The van der Waals surface area contributed by atoms with E-state index in [1.807, 2.05) is 0 Å². The molecule has 0 heterocycles. The molecular weight excluding hydrogens is 168 g/mol. The van der Waals surface area contributed by atoms with Crippen LogP contribution in [-0.4, -0.2) is 24.3 Å². The molecule has 3 nitrogen and oxygen atoms in total. The predicted octanol–water partition coefficient (Wildman–Crippen LogP) is 1.74. The van der Waals surface area contributed by atoms with Gasteiger partial charge in [0.2, 0.25) is 0 Å². The summed E-state index contributed by atoms with van der Waals surface area (Å²) in [5.74, 6) is 0.310. The molecule has 0 amide bonds. The van der Waals surface area contributed by atoms with Gasteiger partial charge in [-0.05, 0) is 25.2 Å². The fraction of sp³-hybridized carbons (Fsp3) is 0.900. The third-order valence-corrected chi connectivity index (χ3v) is 1.89. The van der Waals surface area contributed by atoms with Crippen LogP contribution in [0.15, 0.2) is 0 Å². The van der Waals surface area contributed by atoms with Crippen LogP contribution in [0.25, 0.3) is 0 Å². The van der Waals surface area contributed by atoms with E-state index in [1.165, 1.54) is 7.11 Å². The largest absolute Gasteiger partial charge is 0.469 e. The average molecular weight is 188 g/mol. The number of methoxy groups -OCH3 is 1. The van der Waals surface area contributed by atoms with Crippen LogP contribution in [0.4, 0.5) is 0 Å². The van der Waals surface area contributed by atoms with Gasteiger partial charge in [0, 0.05) is 6.42 Å². The lowest BCUT2D eigenvalue weighted by Crippen LogP contribution is -2.11. The van der Waals surface area contributed by atoms with Crippen LogP contribution < -0.4 is 0 Å². The molecule has 0 bridgehead atoms. The van der Waals surface area contributed by atoms with Crippen LogP contribution in [0, 0.1) is 5.92 Å². The Bertz CT molecular complexity index is 143. The van der Waals surface area contributed by atoms with Gasteiger partial charge < -0.3 is 9.84 Å². The van der Waals surface area contributed by atoms with Gasteiger partial charge in [-0.2, -0.15) is 0 Å². The van der Waals surface area contributed by atoms with Gasteiger partial charge in [0.25, 0.3) is 0 Å². The Morgan fingerprint density at radius 2 is 2.08 bits per heavy atom. The topological polar surface area (TPSA) is 46.5 Å². The minimum absolute atomic E-state index is 0.197. The van der Waals surface area contributed by atoms with Gasteiger partial charge in [0.1, 0.15) is 0 Å². The highest BCUT2D eigenvalue weighted by atomic mass is 16.5. The van der Waals surface area contributed by atoms with Crippen molar-refractivity contribution in [1.82, 2.24) is 0 Å². The molecule has 0 aliphatic heterocycles. The summed E-state index contributed by atoms with van der Waals surface area (Å²) in [4.78, 5) is 10.7. The standard InChI is InChI=1S/C10H20O3/c1-8(2)7-9(11)5-4-6-10(12)13-3/h8-9,11H,4-7H2,1-3H3/t9-/m1/s1. The molecule has 0 spiro atoms. The van der Waals surface area contributed by atoms with Crippen molar-refractivity contribution in [2.24, 2.45) is 5.92 Å². The van der Waals surface area contributed by atoms with Crippen molar-refractivity contribution in [1.29, 1.82) is 0 Å². The molecule has 0 radical (unpaired) electrons. The number of ether oxygens (including phenoxy) is 1. The monoisotopic (exact) mass is 188 g/mol. The summed E-state index contributed by atoms with van der Waals surface area (Å²) in [5.41, 5.74) is 0. The lowest BCUT2D eigenvalue weighted by Gasteiger charge is -2.11. The third kappa shape index (κ3) is 7.78. The highest BCUT2D eigenvalue weighted by molar-refractivity contribution is 5.68. The van der Waals surface area contributed by atoms with E-state index in [0.717, 1.165) is 6.42 Å². The maximum atomic E-state index is 10.7. The Balaban J connectivity index is 3.36. The predicted molar refractivity (Wildman–Crippen MR) is 51.3 cm³/mol. The number of hydrogen-bond donors (Lipinski definition) is 1. The van der Waals surface area contributed by atoms with Crippen molar-refractivity contribution >= 4 is 5.97 Å². The molecule has 0 aliphatic rings. The molecule has 0 unspecified atom stereocenters. The number of aliphatic hydroxyl groups excluding tert-OH is 1. The quantitative estimate of drug-likeness (QED) is 0.646. The SMILES string of the molecule is COC(=O)CCC[C@@H](O)CC(C)C. The van der Waals surface area contributed by atoms with Gasteiger partial charge in [-0.15, -0.1) is 0 Å². The van der Waals surface area contributed by atoms with Gasteiger partial charge in [0.15, 0.2) is 0 Å². The summed E-state index contributed by atoms with van der Waals surface area (Å²) in [6, 6.07) is 0. The first-order valence-corrected chi connectivity index (χ1v) is 4.81. The summed E-state index contributed by atoms with van der Waals surface area (Å²) < 4.78 is 4.49. The Morgan fingerprint density at radius 3 is 2.54 bits per heavy atom. The highest BCUT2D eigenvalue weighted by Gasteiger charge is 2.08. The van der Waals surface area contributed by atoms with Crippen LogP contribution in [0.1, 0.15) is 39.5 Å². The van der Waals surface area contributed by atoms with Crippen LogP contribution in [0.5, 0.6) is 0 Å². The van der Waals surface area contributed by atoms with E-state index in [4.69, 9.17) is 0 Å². The van der Waals surface area contributed by atoms with Crippen LogP contribution in [0.3, 0.4) is 0 Å². The molecule has 0 aromatic heterocycles. The van der Waals surface area contributed by atoms with Crippen LogP contribution in [-0.2, 0) is 9.53 Å². The second-order valence-electron chi connectivity index (χ2n) is 3.75. The molecule has 0 aromatic rings. The number of esters is 1. The zero-order valence-electron chi connectivity index (χ0n) is 8.75. The van der Waals surface area contributed by atoms with Crippen molar-refractivity contribution < 1.29 is 14.6 Å². The second-order valence-corrected chi connectivity index (χ2v) is 3.75. The molecule has 78 valence electrons. The third-order valence-electron chi connectivity index (χ3n) is 1.89.